The molecule has 0 radical (unpaired) electrons. The molecule has 1 aromatic carbocycles. The maximum absolute atomic E-state index is 12.8. The van der Waals surface area contributed by atoms with Crippen LogP contribution in [-0.2, 0) is 4.79 Å². The molecule has 1 N–H and O–H groups in total. The topological polar surface area (TPSA) is 61.9 Å². The number of carbonyl (C=O) groups is 1. The number of carbonyl (C=O) groups excluding carboxylic acids is 1. The van der Waals surface area contributed by atoms with Crippen LogP contribution in [0, 0.1) is 0 Å². The van der Waals surface area contributed by atoms with E-state index < -0.39 is 0 Å². The summed E-state index contributed by atoms with van der Waals surface area (Å²) >= 11 is 1.42. The fourth-order valence-electron chi connectivity index (χ4n) is 3.30. The van der Waals surface area contributed by atoms with Gasteiger partial charge in [0.1, 0.15) is 0 Å². The summed E-state index contributed by atoms with van der Waals surface area (Å²) in [5.74, 6) is 0.920. The van der Waals surface area contributed by atoms with Gasteiger partial charge in [0.15, 0.2) is 5.82 Å². The van der Waals surface area contributed by atoms with Crippen molar-refractivity contribution in [3.05, 3.63) is 30.3 Å². The lowest BCUT2D eigenvalue weighted by Crippen LogP contribution is -2.50. The van der Waals surface area contributed by atoms with Gasteiger partial charge in [-0.2, -0.15) is 0 Å². The lowest BCUT2D eigenvalue weighted by molar-refractivity contribution is -0.136. The number of aromatic nitrogens is 3. The standard InChI is InChI=1S/C18H24N4OS/c1-12-8-7-9-13(2)22(12)17(23)14(3)24-18-19-16(20-21-18)15-10-5-4-6-11-15/h4-6,10-14H,7-9H2,1-3H3,(H,19,20,21)/t12-,13-,14+/m0/s1. The van der Waals surface area contributed by atoms with E-state index in [9.17, 15) is 4.79 Å². The first-order chi connectivity index (χ1) is 11.6. The minimum atomic E-state index is -0.188. The number of hydrogen-bond acceptors (Lipinski definition) is 4. The second-order valence-corrected chi connectivity index (χ2v) is 7.78. The van der Waals surface area contributed by atoms with E-state index in [1.165, 1.54) is 18.2 Å². The van der Waals surface area contributed by atoms with Crippen molar-refractivity contribution in [2.45, 2.75) is 62.5 Å². The van der Waals surface area contributed by atoms with Crippen molar-refractivity contribution in [1.29, 1.82) is 0 Å². The number of likely N-dealkylation sites (tertiary alicyclic amines) is 1. The van der Waals surface area contributed by atoms with Gasteiger partial charge in [0, 0.05) is 17.6 Å². The molecule has 5 nitrogen and oxygen atoms in total. The Morgan fingerprint density at radius 2 is 1.92 bits per heavy atom. The molecule has 0 unspecified atom stereocenters. The number of nitrogens with one attached hydrogen (secondary N) is 1. The first-order valence-corrected chi connectivity index (χ1v) is 9.41. The van der Waals surface area contributed by atoms with Crippen LogP contribution < -0.4 is 0 Å². The maximum Gasteiger partial charge on any atom is 0.236 e. The van der Waals surface area contributed by atoms with Gasteiger partial charge in [0.2, 0.25) is 11.1 Å². The summed E-state index contributed by atoms with van der Waals surface area (Å²) < 4.78 is 0. The van der Waals surface area contributed by atoms with Crippen LogP contribution in [0.4, 0.5) is 0 Å². The van der Waals surface area contributed by atoms with Crippen LogP contribution in [0.15, 0.2) is 35.5 Å². The van der Waals surface area contributed by atoms with E-state index in [1.54, 1.807) is 0 Å². The smallest absolute Gasteiger partial charge is 0.236 e. The van der Waals surface area contributed by atoms with Gasteiger partial charge in [0.25, 0.3) is 0 Å². The van der Waals surface area contributed by atoms with E-state index in [-0.39, 0.29) is 11.2 Å². The Morgan fingerprint density at radius 1 is 1.25 bits per heavy atom. The summed E-state index contributed by atoms with van der Waals surface area (Å²) in [6, 6.07) is 10.5. The van der Waals surface area contributed by atoms with Crippen LogP contribution in [0.1, 0.15) is 40.0 Å². The molecule has 1 amide bonds. The molecule has 0 saturated carbocycles. The summed E-state index contributed by atoms with van der Waals surface area (Å²) in [6.45, 7) is 6.23. The first-order valence-electron chi connectivity index (χ1n) is 8.53. The monoisotopic (exact) mass is 344 g/mol. The third-order valence-electron chi connectivity index (χ3n) is 4.59. The third-order valence-corrected chi connectivity index (χ3v) is 5.54. The number of thioether (sulfide) groups is 1. The van der Waals surface area contributed by atoms with Gasteiger partial charge in [-0.3, -0.25) is 9.89 Å². The predicted molar refractivity (Wildman–Crippen MR) is 96.8 cm³/mol. The van der Waals surface area contributed by atoms with Gasteiger partial charge < -0.3 is 4.90 Å². The average molecular weight is 344 g/mol. The number of hydrogen-bond donors (Lipinski definition) is 1. The fraction of sp³-hybridized carbons (Fsp3) is 0.500. The molecule has 0 bridgehead atoms. The van der Waals surface area contributed by atoms with E-state index in [0.717, 1.165) is 24.2 Å². The molecular formula is C18H24N4OS. The molecule has 24 heavy (non-hydrogen) atoms. The molecule has 2 aromatic rings. The lowest BCUT2D eigenvalue weighted by Gasteiger charge is -2.40. The number of H-pyrrole nitrogens is 1. The number of nitrogens with zero attached hydrogens (tertiary/aromatic N) is 3. The molecular weight excluding hydrogens is 320 g/mol. The van der Waals surface area contributed by atoms with Crippen molar-refractivity contribution in [2.24, 2.45) is 0 Å². The van der Waals surface area contributed by atoms with Crippen molar-refractivity contribution < 1.29 is 4.79 Å². The molecule has 1 saturated heterocycles. The van der Waals surface area contributed by atoms with Crippen molar-refractivity contribution >= 4 is 17.7 Å². The maximum atomic E-state index is 12.8. The van der Waals surface area contributed by atoms with E-state index in [4.69, 9.17) is 0 Å². The van der Waals surface area contributed by atoms with Gasteiger partial charge in [0.05, 0.1) is 5.25 Å². The molecule has 1 fully saturated rings. The Morgan fingerprint density at radius 3 is 2.58 bits per heavy atom. The number of piperidine rings is 1. The van der Waals surface area contributed by atoms with E-state index in [2.05, 4.69) is 29.0 Å². The van der Waals surface area contributed by atoms with Gasteiger partial charge in [-0.05, 0) is 40.0 Å². The van der Waals surface area contributed by atoms with Crippen LogP contribution in [-0.4, -0.2) is 43.3 Å². The zero-order valence-corrected chi connectivity index (χ0v) is 15.2. The second-order valence-electron chi connectivity index (χ2n) is 6.47. The van der Waals surface area contributed by atoms with E-state index in [0.29, 0.717) is 17.2 Å². The number of benzene rings is 1. The van der Waals surface area contributed by atoms with Gasteiger partial charge in [-0.15, -0.1) is 5.10 Å². The van der Waals surface area contributed by atoms with Gasteiger partial charge in [-0.25, -0.2) is 4.98 Å². The summed E-state index contributed by atoms with van der Waals surface area (Å²) in [7, 11) is 0. The number of aromatic amines is 1. The highest BCUT2D eigenvalue weighted by molar-refractivity contribution is 8.00. The van der Waals surface area contributed by atoms with Crippen LogP contribution in [0.2, 0.25) is 0 Å². The molecule has 128 valence electrons. The molecule has 6 heteroatoms. The Bertz CT molecular complexity index is 677. The minimum absolute atomic E-state index is 0.186. The van der Waals surface area contributed by atoms with Crippen LogP contribution in [0.3, 0.4) is 0 Å². The SMILES string of the molecule is C[C@@H](Sc1n[nH]c(-c2ccccc2)n1)C(=O)N1[C@@H](C)CCC[C@@H]1C. The predicted octanol–water partition coefficient (Wildman–Crippen LogP) is 3.74. The summed E-state index contributed by atoms with van der Waals surface area (Å²) in [5, 5.41) is 7.64. The molecule has 1 aromatic heterocycles. The van der Waals surface area contributed by atoms with E-state index >= 15 is 0 Å². The molecule has 3 atom stereocenters. The van der Waals surface area contributed by atoms with Crippen molar-refractivity contribution in [3.8, 4) is 11.4 Å². The second kappa shape index (κ2) is 7.38. The quantitative estimate of drug-likeness (QED) is 0.858. The zero-order valence-electron chi connectivity index (χ0n) is 14.4. The average Bonchev–Trinajstić information content (AvgIpc) is 3.04. The highest BCUT2D eigenvalue weighted by Crippen LogP contribution is 2.28. The molecule has 1 aliphatic rings. The Balaban J connectivity index is 1.67. The van der Waals surface area contributed by atoms with Gasteiger partial charge >= 0.3 is 0 Å². The Kier molecular flexibility index (Phi) is 5.23. The Hall–Kier alpha value is -1.82. The fourth-order valence-corrected chi connectivity index (χ4v) is 4.08. The van der Waals surface area contributed by atoms with E-state index in [1.807, 2.05) is 42.2 Å². The largest absolute Gasteiger partial charge is 0.336 e. The van der Waals surface area contributed by atoms with Crippen molar-refractivity contribution in [1.82, 2.24) is 20.1 Å². The van der Waals surface area contributed by atoms with Crippen molar-refractivity contribution in [2.75, 3.05) is 0 Å². The molecule has 3 rings (SSSR count). The summed E-state index contributed by atoms with van der Waals surface area (Å²) in [4.78, 5) is 19.4. The summed E-state index contributed by atoms with van der Waals surface area (Å²) in [5.41, 5.74) is 0.995. The zero-order chi connectivity index (χ0) is 17.1. The lowest BCUT2D eigenvalue weighted by atomic mass is 9.97. The number of amides is 1. The first kappa shape index (κ1) is 17.0. The highest BCUT2D eigenvalue weighted by atomic mass is 32.2. The van der Waals surface area contributed by atoms with Crippen LogP contribution in [0.5, 0.6) is 0 Å². The normalized spacial score (nSPS) is 22.4. The molecule has 2 heterocycles. The Labute approximate surface area is 147 Å². The molecule has 0 aliphatic carbocycles. The summed E-state index contributed by atoms with van der Waals surface area (Å²) in [6.07, 6.45) is 3.38. The third kappa shape index (κ3) is 3.64. The van der Waals surface area contributed by atoms with Crippen LogP contribution in [0.25, 0.3) is 11.4 Å². The minimum Gasteiger partial charge on any atom is -0.336 e. The van der Waals surface area contributed by atoms with Crippen molar-refractivity contribution in [3.63, 3.8) is 0 Å². The highest BCUT2D eigenvalue weighted by Gasteiger charge is 2.32. The molecule has 1 aliphatic heterocycles. The molecule has 0 spiro atoms. The van der Waals surface area contributed by atoms with Gasteiger partial charge in [-0.1, -0.05) is 42.1 Å². The number of rotatable bonds is 4. The van der Waals surface area contributed by atoms with Crippen LogP contribution >= 0.6 is 11.8 Å².